The van der Waals surface area contributed by atoms with Crippen molar-refractivity contribution in [3.05, 3.63) is 42.1 Å². The molecule has 25 heavy (non-hydrogen) atoms. The van der Waals surface area contributed by atoms with E-state index in [9.17, 15) is 5.11 Å². The van der Waals surface area contributed by atoms with Crippen LogP contribution in [0.25, 0.3) is 10.9 Å². The first-order valence-electron chi connectivity index (χ1n) is 9.36. The summed E-state index contributed by atoms with van der Waals surface area (Å²) in [5, 5.41) is 10.7. The zero-order valence-corrected chi connectivity index (χ0v) is 15.8. The molecular formula is C21H31N3O. The lowest BCUT2D eigenvalue weighted by atomic mass is 9.94. The molecule has 0 amide bonds. The molecule has 1 atom stereocenters. The third-order valence-corrected chi connectivity index (χ3v) is 4.94. The van der Waals surface area contributed by atoms with Crippen molar-refractivity contribution in [2.45, 2.75) is 39.8 Å². The van der Waals surface area contributed by atoms with Gasteiger partial charge in [0.05, 0.1) is 5.52 Å². The maximum Gasteiger partial charge on any atom is 0.0746 e. The number of hydrogen-bond donors (Lipinski definition) is 1. The van der Waals surface area contributed by atoms with Crippen LogP contribution < -0.4 is 0 Å². The number of aliphatic hydroxyl groups excluding tert-OH is 1. The van der Waals surface area contributed by atoms with Crippen LogP contribution in [0.3, 0.4) is 0 Å². The van der Waals surface area contributed by atoms with Gasteiger partial charge in [0, 0.05) is 57.0 Å². The summed E-state index contributed by atoms with van der Waals surface area (Å²) in [4.78, 5) is 9.67. The minimum absolute atomic E-state index is 0.259. The zero-order valence-electron chi connectivity index (χ0n) is 15.8. The Morgan fingerprint density at radius 1 is 1.16 bits per heavy atom. The maximum absolute atomic E-state index is 9.50. The highest BCUT2D eigenvalue weighted by Gasteiger charge is 2.29. The lowest BCUT2D eigenvalue weighted by Gasteiger charge is -2.44. The normalized spacial score (nSPS) is 20.2. The number of rotatable bonds is 5. The van der Waals surface area contributed by atoms with Crippen LogP contribution in [-0.4, -0.2) is 58.7 Å². The van der Waals surface area contributed by atoms with Gasteiger partial charge in [-0.1, -0.05) is 45.0 Å². The number of para-hydroxylation sites is 1. The third-order valence-electron chi connectivity index (χ3n) is 4.94. The quantitative estimate of drug-likeness (QED) is 0.907. The van der Waals surface area contributed by atoms with Gasteiger partial charge in [-0.15, -0.1) is 0 Å². The van der Waals surface area contributed by atoms with E-state index in [1.165, 1.54) is 10.9 Å². The summed E-state index contributed by atoms with van der Waals surface area (Å²) in [7, 11) is 0. The molecule has 1 aromatic heterocycles. The monoisotopic (exact) mass is 341 g/mol. The fourth-order valence-corrected chi connectivity index (χ4v) is 3.88. The third kappa shape index (κ3) is 4.78. The topological polar surface area (TPSA) is 39.6 Å². The standard InChI is InChI=1S/C21H31N3O/c1-21(2,3)16-24-12-11-23(15-19(24)9-13-25)14-18-7-4-6-17-8-5-10-22-20(17)18/h4-8,10,19,25H,9,11-16H2,1-3H3. The minimum Gasteiger partial charge on any atom is -0.396 e. The molecule has 1 saturated heterocycles. The van der Waals surface area contributed by atoms with Gasteiger partial charge in [-0.25, -0.2) is 0 Å². The molecule has 0 aliphatic carbocycles. The Hall–Kier alpha value is -1.49. The van der Waals surface area contributed by atoms with Crippen molar-refractivity contribution in [1.82, 2.24) is 14.8 Å². The van der Waals surface area contributed by atoms with Crippen LogP contribution in [0.4, 0.5) is 0 Å². The molecule has 0 radical (unpaired) electrons. The Kier molecular flexibility index (Phi) is 5.72. The summed E-state index contributed by atoms with van der Waals surface area (Å²) in [6.45, 7) is 12.3. The molecule has 1 unspecified atom stereocenters. The number of benzene rings is 1. The smallest absolute Gasteiger partial charge is 0.0746 e. The second-order valence-electron chi connectivity index (χ2n) is 8.42. The molecule has 1 aliphatic rings. The molecule has 1 aromatic carbocycles. The van der Waals surface area contributed by atoms with Gasteiger partial charge in [0.2, 0.25) is 0 Å². The van der Waals surface area contributed by atoms with E-state index < -0.39 is 0 Å². The fraction of sp³-hybridized carbons (Fsp3) is 0.571. The number of fused-ring (bicyclic) bond motifs is 1. The number of pyridine rings is 1. The predicted octanol–water partition coefficient (Wildman–Crippen LogP) is 3.15. The number of piperazine rings is 1. The van der Waals surface area contributed by atoms with Crippen molar-refractivity contribution in [3.8, 4) is 0 Å². The number of aromatic nitrogens is 1. The van der Waals surface area contributed by atoms with Crippen LogP contribution in [0, 0.1) is 5.41 Å². The Morgan fingerprint density at radius 2 is 1.96 bits per heavy atom. The van der Waals surface area contributed by atoms with E-state index in [2.05, 4.69) is 59.8 Å². The van der Waals surface area contributed by atoms with Crippen LogP contribution in [-0.2, 0) is 6.54 Å². The Morgan fingerprint density at radius 3 is 2.72 bits per heavy atom. The lowest BCUT2D eigenvalue weighted by Crippen LogP contribution is -2.54. The fourth-order valence-electron chi connectivity index (χ4n) is 3.88. The first-order chi connectivity index (χ1) is 12.0. The summed E-state index contributed by atoms with van der Waals surface area (Å²) >= 11 is 0. The van der Waals surface area contributed by atoms with Gasteiger partial charge in [0.25, 0.3) is 0 Å². The highest BCUT2D eigenvalue weighted by atomic mass is 16.3. The SMILES string of the molecule is CC(C)(C)CN1CCN(Cc2cccc3cccnc23)CC1CCO. The van der Waals surface area contributed by atoms with Gasteiger partial charge in [0.1, 0.15) is 0 Å². The highest BCUT2D eigenvalue weighted by molar-refractivity contribution is 5.81. The van der Waals surface area contributed by atoms with Gasteiger partial charge in [0.15, 0.2) is 0 Å². The van der Waals surface area contributed by atoms with E-state index >= 15 is 0 Å². The maximum atomic E-state index is 9.50. The molecular weight excluding hydrogens is 310 g/mol. The van der Waals surface area contributed by atoms with Gasteiger partial charge in [-0.2, -0.15) is 0 Å². The van der Waals surface area contributed by atoms with E-state index in [1.54, 1.807) is 0 Å². The molecule has 2 heterocycles. The molecule has 4 heteroatoms. The molecule has 0 saturated carbocycles. The summed E-state index contributed by atoms with van der Waals surface area (Å²) in [6, 6.07) is 11.0. The number of aliphatic hydroxyl groups is 1. The molecule has 0 spiro atoms. The van der Waals surface area contributed by atoms with E-state index in [4.69, 9.17) is 0 Å². The second-order valence-corrected chi connectivity index (χ2v) is 8.42. The molecule has 4 nitrogen and oxygen atoms in total. The first-order valence-corrected chi connectivity index (χ1v) is 9.36. The van der Waals surface area contributed by atoms with Gasteiger partial charge >= 0.3 is 0 Å². The first kappa shape index (κ1) is 18.3. The number of hydrogen-bond acceptors (Lipinski definition) is 4. The van der Waals surface area contributed by atoms with Crippen LogP contribution in [0.15, 0.2) is 36.5 Å². The summed E-state index contributed by atoms with van der Waals surface area (Å²) in [5.74, 6) is 0. The summed E-state index contributed by atoms with van der Waals surface area (Å²) < 4.78 is 0. The molecule has 1 fully saturated rings. The molecule has 1 aliphatic heterocycles. The van der Waals surface area contributed by atoms with Crippen molar-refractivity contribution in [2.24, 2.45) is 5.41 Å². The molecule has 1 N–H and O–H groups in total. The van der Waals surface area contributed by atoms with E-state index in [1.807, 2.05) is 12.3 Å². The van der Waals surface area contributed by atoms with Crippen LogP contribution >= 0.6 is 0 Å². The van der Waals surface area contributed by atoms with Crippen molar-refractivity contribution in [1.29, 1.82) is 0 Å². The number of nitrogens with zero attached hydrogens (tertiary/aromatic N) is 3. The molecule has 3 rings (SSSR count). The Labute approximate surface area is 151 Å². The summed E-state index contributed by atoms with van der Waals surface area (Å²) in [6.07, 6.45) is 2.72. The van der Waals surface area contributed by atoms with Gasteiger partial charge in [-0.3, -0.25) is 14.8 Å². The molecule has 0 bridgehead atoms. The van der Waals surface area contributed by atoms with Crippen molar-refractivity contribution in [2.75, 3.05) is 32.8 Å². The van der Waals surface area contributed by atoms with Gasteiger partial charge < -0.3 is 5.11 Å². The minimum atomic E-state index is 0.259. The Bertz CT molecular complexity index is 690. The van der Waals surface area contributed by atoms with Crippen molar-refractivity contribution < 1.29 is 5.11 Å². The van der Waals surface area contributed by atoms with Crippen molar-refractivity contribution >= 4 is 10.9 Å². The van der Waals surface area contributed by atoms with Crippen LogP contribution in [0.5, 0.6) is 0 Å². The van der Waals surface area contributed by atoms with Crippen LogP contribution in [0.1, 0.15) is 32.8 Å². The molecule has 136 valence electrons. The van der Waals surface area contributed by atoms with E-state index in [0.717, 1.165) is 44.7 Å². The zero-order chi connectivity index (χ0) is 17.9. The summed E-state index contributed by atoms with van der Waals surface area (Å²) in [5.41, 5.74) is 2.70. The van der Waals surface area contributed by atoms with Crippen molar-refractivity contribution in [3.63, 3.8) is 0 Å². The average molecular weight is 341 g/mol. The predicted molar refractivity (Wildman–Crippen MR) is 104 cm³/mol. The van der Waals surface area contributed by atoms with E-state index in [0.29, 0.717) is 6.04 Å². The van der Waals surface area contributed by atoms with Gasteiger partial charge in [-0.05, 0) is 23.5 Å². The van der Waals surface area contributed by atoms with E-state index in [-0.39, 0.29) is 12.0 Å². The average Bonchev–Trinajstić information content (AvgIpc) is 2.57. The molecule has 2 aromatic rings. The largest absolute Gasteiger partial charge is 0.396 e. The second kappa shape index (κ2) is 7.81. The highest BCUT2D eigenvalue weighted by Crippen LogP contribution is 2.23. The lowest BCUT2D eigenvalue weighted by molar-refractivity contribution is 0.0341. The Balaban J connectivity index is 1.71. The van der Waals surface area contributed by atoms with Crippen LogP contribution in [0.2, 0.25) is 0 Å².